The normalized spacial score (nSPS) is 17.0. The van der Waals surface area contributed by atoms with Crippen LogP contribution in [0.25, 0.3) is 38.9 Å². The van der Waals surface area contributed by atoms with E-state index in [0.29, 0.717) is 38.2 Å². The second-order valence-electron chi connectivity index (χ2n) is 22.6. The molecule has 2 aliphatic rings. The fourth-order valence-corrected chi connectivity index (χ4v) is 11.4. The number of aromatic nitrogens is 4. The lowest BCUT2D eigenvalue weighted by Crippen LogP contribution is -2.52. The topological polar surface area (TPSA) is 176 Å². The van der Waals surface area contributed by atoms with Gasteiger partial charge in [0.25, 0.3) is 5.91 Å². The average Bonchev–Trinajstić information content (AvgIpc) is 4.37. The minimum absolute atomic E-state index is 0.0180. The van der Waals surface area contributed by atoms with E-state index in [1.165, 1.54) is 0 Å². The highest BCUT2D eigenvalue weighted by molar-refractivity contribution is 6.07. The number of carbonyl (C=O) groups excluding carboxylic acids is 5. The molecule has 15 heteroatoms. The number of rotatable bonds is 22. The summed E-state index contributed by atoms with van der Waals surface area (Å²) in [4.78, 5) is 81.0. The van der Waals surface area contributed by atoms with Gasteiger partial charge in [0.2, 0.25) is 17.7 Å². The van der Waals surface area contributed by atoms with Gasteiger partial charge < -0.3 is 40.2 Å². The Bertz CT molecular complexity index is 3170. The van der Waals surface area contributed by atoms with E-state index in [2.05, 4.69) is 84.8 Å². The molecule has 9 rings (SSSR count). The fourth-order valence-electron chi connectivity index (χ4n) is 11.4. The lowest BCUT2D eigenvalue weighted by atomic mass is 9.87. The molecule has 0 saturated carbocycles. The van der Waals surface area contributed by atoms with Gasteiger partial charge in [-0.25, -0.2) is 0 Å². The van der Waals surface area contributed by atoms with Crippen molar-refractivity contribution in [2.75, 3.05) is 20.1 Å². The number of nitrogens with one attached hydrogen (secondary N) is 4. The first-order chi connectivity index (χ1) is 38.6. The predicted molar refractivity (Wildman–Crippen MR) is 316 cm³/mol. The van der Waals surface area contributed by atoms with Gasteiger partial charge in [0.15, 0.2) is 0 Å². The first-order valence-corrected chi connectivity index (χ1v) is 28.6. The highest BCUT2D eigenvalue weighted by Gasteiger charge is 2.38. The van der Waals surface area contributed by atoms with Crippen LogP contribution < -0.4 is 21.3 Å². The lowest BCUT2D eigenvalue weighted by molar-refractivity contribution is -0.140. The third-order valence-electron chi connectivity index (χ3n) is 16.7. The molecule has 4 aromatic heterocycles. The predicted octanol–water partition coefficient (Wildman–Crippen LogP) is 10.4. The number of ketones is 1. The van der Waals surface area contributed by atoms with Crippen molar-refractivity contribution >= 4 is 56.9 Å². The average molecular weight is 1080 g/mol. The molecule has 0 aliphatic carbocycles. The van der Waals surface area contributed by atoms with Crippen molar-refractivity contribution in [2.24, 2.45) is 23.7 Å². The van der Waals surface area contributed by atoms with Crippen LogP contribution in [0, 0.1) is 23.7 Å². The highest BCUT2D eigenvalue weighted by Crippen LogP contribution is 2.37. The number of amides is 4. The second-order valence-corrected chi connectivity index (χ2v) is 22.6. The third-order valence-corrected chi connectivity index (χ3v) is 16.7. The van der Waals surface area contributed by atoms with E-state index in [9.17, 15) is 24.0 Å². The van der Waals surface area contributed by atoms with Gasteiger partial charge in [0.1, 0.15) is 11.8 Å². The number of fused-ring (bicyclic) bond motifs is 2. The number of Topliss-reactive ketones (excluding diaryl/α,β-unsaturated/α-hetero) is 1. The first-order valence-electron chi connectivity index (χ1n) is 28.6. The van der Waals surface area contributed by atoms with E-state index in [4.69, 9.17) is 0 Å². The molecule has 80 heavy (non-hydrogen) atoms. The van der Waals surface area contributed by atoms with Gasteiger partial charge in [-0.3, -0.25) is 33.9 Å². The molecule has 0 unspecified atom stereocenters. The van der Waals surface area contributed by atoms with Gasteiger partial charge >= 0.3 is 0 Å². The Labute approximate surface area is 470 Å². The number of likely N-dealkylation sites (N-methyl/N-ethyl adjacent to an activating group) is 1. The molecular weight excluding hydrogens is 1000 g/mol. The Balaban J connectivity index is 0.811. The summed E-state index contributed by atoms with van der Waals surface area (Å²) in [6, 6.07) is 27.2. The van der Waals surface area contributed by atoms with E-state index in [1.54, 1.807) is 13.2 Å². The van der Waals surface area contributed by atoms with Gasteiger partial charge in [0, 0.05) is 96.8 Å². The Morgan fingerprint density at radius 3 is 1.70 bits per heavy atom. The Kier molecular flexibility index (Phi) is 17.8. The molecule has 15 nitrogen and oxygen atoms in total. The summed E-state index contributed by atoms with van der Waals surface area (Å²) >= 11 is 0. The van der Waals surface area contributed by atoms with E-state index in [1.807, 2.05) is 136 Å². The van der Waals surface area contributed by atoms with Crippen LogP contribution in [-0.2, 0) is 32.3 Å². The van der Waals surface area contributed by atoms with Crippen LogP contribution in [0.1, 0.15) is 137 Å². The Morgan fingerprint density at radius 1 is 0.650 bits per heavy atom. The van der Waals surface area contributed by atoms with E-state index in [-0.39, 0.29) is 71.7 Å². The van der Waals surface area contributed by atoms with E-state index >= 15 is 0 Å². The number of pyridine rings is 2. The summed E-state index contributed by atoms with van der Waals surface area (Å²) in [5.41, 5.74) is 9.88. The van der Waals surface area contributed by atoms with Gasteiger partial charge in [-0.1, -0.05) is 90.6 Å². The molecular formula is C65H78N10O5. The Hall–Kier alpha value is -7.91. The standard InChI is InChI=1S/C65H78N10O5/c1-10-42(6)62(77)71-61(41(4)5)65(80)75-28-14-20-57(75)48-32-49(38-68-37-48)72-29-25-52-51(15-11-17-58(52)72)43(7)69-34-45-21-23-46(24-22-45)35-70-63(78)54-16-12-18-59-53(54)26-30-73(59)50-31-47(36-67-39-50)56-19-13-27-74(56)64(79)55(40(2)3)33-60(76)44(8)66-9/h11-12,15-18,21-26,29-32,36-42,44,55-57,61,66,69H,7,10,13-14,19-20,27-28,33-35H2,1-6,8-9H3,(H,70,78)(H,71,77)/t42-,44+,55+,56+,57+,61+/m1/s1. The zero-order valence-corrected chi connectivity index (χ0v) is 47.7. The largest absolute Gasteiger partial charge is 0.381 e. The molecule has 6 atom stereocenters. The number of nitrogens with zero attached hydrogens (tertiary/aromatic N) is 6. The molecule has 4 amide bonds. The van der Waals surface area contributed by atoms with E-state index in [0.717, 1.165) is 92.4 Å². The number of hydrogen-bond acceptors (Lipinski definition) is 9. The van der Waals surface area contributed by atoms with Crippen molar-refractivity contribution in [1.82, 2.24) is 50.2 Å². The maximum Gasteiger partial charge on any atom is 0.252 e. The monoisotopic (exact) mass is 1080 g/mol. The SMILES string of the molecule is C=C(NCc1ccc(CNC(=O)c2cccc3c2ccn3-c2cncc([C@@H]3CCCN3C(=O)[C@@H](CC(=O)[C@H](C)NC)C(C)C)c2)cc1)c1cccc2c1ccn2-c1cncc([C@@H]2CCCN2C(=O)[C@@H](NC(=O)[C@H](C)CC)C(C)C)c1. The van der Waals surface area contributed by atoms with E-state index < -0.39 is 12.0 Å². The molecule has 6 heterocycles. The number of benzene rings is 3. The summed E-state index contributed by atoms with van der Waals surface area (Å²) in [7, 11) is 1.76. The first kappa shape index (κ1) is 56.8. The number of likely N-dealkylation sites (tertiary alicyclic amines) is 2. The molecule has 2 aliphatic heterocycles. The lowest BCUT2D eigenvalue weighted by Gasteiger charge is -2.32. The van der Waals surface area contributed by atoms with Crippen molar-refractivity contribution in [3.63, 3.8) is 0 Å². The molecule has 0 spiro atoms. The summed E-state index contributed by atoms with van der Waals surface area (Å²) in [6.45, 7) is 20.3. The summed E-state index contributed by atoms with van der Waals surface area (Å²) in [5.74, 6) is -0.847. The molecule has 3 aromatic carbocycles. The van der Waals surface area contributed by atoms with Gasteiger partial charge in [0.05, 0.1) is 52.9 Å². The molecule has 4 N–H and O–H groups in total. The van der Waals surface area contributed by atoms with Crippen LogP contribution in [0.2, 0.25) is 0 Å². The number of hydrogen-bond donors (Lipinski definition) is 4. The minimum atomic E-state index is -0.592. The summed E-state index contributed by atoms with van der Waals surface area (Å²) in [6.07, 6.45) is 15.7. The Morgan fingerprint density at radius 2 is 1.18 bits per heavy atom. The molecule has 418 valence electrons. The van der Waals surface area contributed by atoms with Crippen molar-refractivity contribution < 1.29 is 24.0 Å². The quantitative estimate of drug-likeness (QED) is 0.0515. The van der Waals surface area contributed by atoms with Crippen LogP contribution in [0.4, 0.5) is 0 Å². The van der Waals surface area contributed by atoms with Crippen molar-refractivity contribution in [3.05, 3.63) is 162 Å². The van der Waals surface area contributed by atoms with Crippen LogP contribution in [-0.4, -0.2) is 90.5 Å². The molecule has 7 aromatic rings. The zero-order valence-electron chi connectivity index (χ0n) is 47.7. The highest BCUT2D eigenvalue weighted by atomic mass is 16.2. The van der Waals surface area contributed by atoms with Crippen LogP contribution in [0.3, 0.4) is 0 Å². The zero-order chi connectivity index (χ0) is 56.8. The summed E-state index contributed by atoms with van der Waals surface area (Å²) in [5, 5.41) is 14.6. The molecule has 2 fully saturated rings. The van der Waals surface area contributed by atoms with Gasteiger partial charge in [-0.15, -0.1) is 0 Å². The fraction of sp³-hybridized carbons (Fsp3) is 0.400. The smallest absolute Gasteiger partial charge is 0.252 e. The van der Waals surface area contributed by atoms with Crippen LogP contribution >= 0.6 is 0 Å². The molecule has 0 bridgehead atoms. The van der Waals surface area contributed by atoms with Gasteiger partial charge in [-0.2, -0.15) is 0 Å². The minimum Gasteiger partial charge on any atom is -0.381 e. The van der Waals surface area contributed by atoms with Crippen molar-refractivity contribution in [2.45, 2.75) is 124 Å². The number of carbonyl (C=O) groups is 5. The molecule has 2 saturated heterocycles. The second kappa shape index (κ2) is 25.0. The molecule has 0 radical (unpaired) electrons. The third kappa shape index (κ3) is 12.1. The van der Waals surface area contributed by atoms with Crippen LogP contribution in [0.15, 0.2) is 129 Å². The van der Waals surface area contributed by atoms with Crippen molar-refractivity contribution in [3.8, 4) is 11.4 Å². The summed E-state index contributed by atoms with van der Waals surface area (Å²) < 4.78 is 4.16. The van der Waals surface area contributed by atoms with Crippen molar-refractivity contribution in [1.29, 1.82) is 0 Å². The van der Waals surface area contributed by atoms with Gasteiger partial charge in [-0.05, 0) is 123 Å². The van der Waals surface area contributed by atoms with Crippen LogP contribution in [0.5, 0.6) is 0 Å². The maximum absolute atomic E-state index is 14.1. The maximum atomic E-state index is 14.1.